The number of fused-ring (bicyclic) bond motifs is 1. The normalized spacial score (nSPS) is 11.0. The molecule has 4 rings (SSSR count). The Morgan fingerprint density at radius 1 is 1.08 bits per heavy atom. The van der Waals surface area contributed by atoms with Crippen LogP contribution in [0.4, 0.5) is 5.13 Å². The Morgan fingerprint density at radius 3 is 2.65 bits per heavy atom. The smallest absolute Gasteiger partial charge is 0.270 e. The van der Waals surface area contributed by atoms with Gasteiger partial charge in [0.15, 0.2) is 5.13 Å². The summed E-state index contributed by atoms with van der Waals surface area (Å²) in [6.07, 6.45) is 3.44. The van der Waals surface area contributed by atoms with Crippen LogP contribution in [-0.2, 0) is 6.54 Å². The lowest BCUT2D eigenvalue weighted by Gasteiger charge is -2.19. The topological polar surface area (TPSA) is 46.1 Å². The molecular weight excluding hydrogens is 409 g/mol. The molecular formula is C18H11Cl2N3OS2. The molecule has 3 heterocycles. The van der Waals surface area contributed by atoms with E-state index in [4.69, 9.17) is 23.2 Å². The number of carbonyl (C=O) groups excluding carboxylic acids is 1. The number of hydrogen-bond acceptors (Lipinski definition) is 5. The van der Waals surface area contributed by atoms with Gasteiger partial charge in [0.05, 0.1) is 25.5 Å². The van der Waals surface area contributed by atoms with Crippen molar-refractivity contribution in [3.8, 4) is 0 Å². The maximum absolute atomic E-state index is 13.1. The lowest BCUT2D eigenvalue weighted by molar-refractivity contribution is 0.0989. The molecule has 8 heteroatoms. The highest BCUT2D eigenvalue weighted by molar-refractivity contribution is 7.22. The summed E-state index contributed by atoms with van der Waals surface area (Å²) in [6, 6.07) is 12.8. The van der Waals surface area contributed by atoms with E-state index in [-0.39, 0.29) is 5.91 Å². The SMILES string of the molecule is O=C(c1ccc(Cl)s1)N(Cc1cccnc1)c1nc2c(Cl)cccc2s1. The number of carbonyl (C=O) groups is 1. The molecule has 0 N–H and O–H groups in total. The van der Waals surface area contributed by atoms with Gasteiger partial charge in [-0.15, -0.1) is 11.3 Å². The fourth-order valence-electron chi connectivity index (χ4n) is 2.48. The van der Waals surface area contributed by atoms with Crippen LogP contribution in [0.2, 0.25) is 9.36 Å². The third kappa shape index (κ3) is 3.46. The Kier molecular flexibility index (Phi) is 4.91. The summed E-state index contributed by atoms with van der Waals surface area (Å²) in [4.78, 5) is 24.0. The summed E-state index contributed by atoms with van der Waals surface area (Å²) in [6.45, 7) is 0.361. The molecule has 130 valence electrons. The van der Waals surface area contributed by atoms with Crippen molar-refractivity contribution in [2.24, 2.45) is 0 Å². The van der Waals surface area contributed by atoms with Gasteiger partial charge < -0.3 is 0 Å². The van der Waals surface area contributed by atoms with Gasteiger partial charge in [-0.25, -0.2) is 4.98 Å². The van der Waals surface area contributed by atoms with Crippen LogP contribution in [-0.4, -0.2) is 15.9 Å². The fraction of sp³-hybridized carbons (Fsp3) is 0.0556. The Morgan fingerprint density at radius 2 is 1.96 bits per heavy atom. The molecule has 0 aliphatic rings. The van der Waals surface area contributed by atoms with Crippen molar-refractivity contribution in [3.05, 3.63) is 74.7 Å². The van der Waals surface area contributed by atoms with Gasteiger partial charge in [-0.1, -0.05) is 46.7 Å². The van der Waals surface area contributed by atoms with Crippen LogP contribution in [0.1, 0.15) is 15.2 Å². The van der Waals surface area contributed by atoms with Gasteiger partial charge in [0, 0.05) is 12.4 Å². The van der Waals surface area contributed by atoms with E-state index in [2.05, 4.69) is 9.97 Å². The monoisotopic (exact) mass is 419 g/mol. The molecule has 1 amide bonds. The van der Waals surface area contributed by atoms with Crippen molar-refractivity contribution in [1.29, 1.82) is 0 Å². The first-order valence-corrected chi connectivity index (χ1v) is 10.0. The number of halogens is 2. The molecule has 3 aromatic heterocycles. The van der Waals surface area contributed by atoms with Gasteiger partial charge in [-0.2, -0.15) is 0 Å². The molecule has 4 aromatic rings. The predicted octanol–water partition coefficient (Wildman–Crippen LogP) is 5.91. The van der Waals surface area contributed by atoms with Crippen LogP contribution < -0.4 is 4.90 Å². The molecule has 0 aliphatic heterocycles. The molecule has 0 saturated heterocycles. The molecule has 4 nitrogen and oxygen atoms in total. The molecule has 0 bridgehead atoms. The number of thiazole rings is 1. The zero-order valence-corrected chi connectivity index (χ0v) is 16.4. The lowest BCUT2D eigenvalue weighted by Crippen LogP contribution is -2.29. The van der Waals surface area contributed by atoms with Crippen molar-refractivity contribution in [2.45, 2.75) is 6.54 Å². The summed E-state index contributed by atoms with van der Waals surface area (Å²) >= 11 is 14.9. The maximum Gasteiger partial charge on any atom is 0.270 e. The molecule has 0 radical (unpaired) electrons. The average molecular weight is 420 g/mol. The van der Waals surface area contributed by atoms with Gasteiger partial charge >= 0.3 is 0 Å². The Bertz CT molecular complexity index is 1080. The minimum atomic E-state index is -0.152. The highest BCUT2D eigenvalue weighted by Crippen LogP contribution is 2.35. The number of pyridine rings is 1. The maximum atomic E-state index is 13.1. The minimum absolute atomic E-state index is 0.152. The quantitative estimate of drug-likeness (QED) is 0.413. The Balaban J connectivity index is 1.78. The van der Waals surface area contributed by atoms with Gasteiger partial charge in [-0.3, -0.25) is 14.7 Å². The van der Waals surface area contributed by atoms with E-state index in [1.165, 1.54) is 22.7 Å². The van der Waals surface area contributed by atoms with Gasteiger partial charge in [0.2, 0.25) is 0 Å². The van der Waals surface area contributed by atoms with Gasteiger partial charge in [0.25, 0.3) is 5.91 Å². The van der Waals surface area contributed by atoms with E-state index < -0.39 is 0 Å². The van der Waals surface area contributed by atoms with Gasteiger partial charge in [0.1, 0.15) is 5.52 Å². The van der Waals surface area contributed by atoms with Gasteiger partial charge in [-0.05, 0) is 35.9 Å². The highest BCUT2D eigenvalue weighted by atomic mass is 35.5. The third-order valence-electron chi connectivity index (χ3n) is 3.68. The van der Waals surface area contributed by atoms with E-state index >= 15 is 0 Å². The summed E-state index contributed by atoms with van der Waals surface area (Å²) in [5.41, 5.74) is 1.61. The number of amides is 1. The van der Waals surface area contributed by atoms with E-state index in [1.807, 2.05) is 24.3 Å². The molecule has 0 atom stereocenters. The number of thiophene rings is 1. The lowest BCUT2D eigenvalue weighted by atomic mass is 10.2. The van der Waals surface area contributed by atoms with Crippen molar-refractivity contribution in [1.82, 2.24) is 9.97 Å². The average Bonchev–Trinajstić information content (AvgIpc) is 3.27. The molecule has 26 heavy (non-hydrogen) atoms. The number of nitrogens with zero attached hydrogens (tertiary/aromatic N) is 3. The summed E-state index contributed by atoms with van der Waals surface area (Å²) < 4.78 is 1.50. The third-order valence-corrected chi connectivity index (χ3v) is 6.25. The molecule has 0 unspecified atom stereocenters. The number of aromatic nitrogens is 2. The summed E-state index contributed by atoms with van der Waals surface area (Å²) in [7, 11) is 0. The highest BCUT2D eigenvalue weighted by Gasteiger charge is 2.23. The Labute approximate surface area is 167 Å². The number of benzene rings is 1. The molecule has 0 spiro atoms. The van der Waals surface area contributed by atoms with Crippen molar-refractivity contribution in [2.75, 3.05) is 4.90 Å². The molecule has 0 aliphatic carbocycles. The zero-order valence-electron chi connectivity index (χ0n) is 13.2. The molecule has 0 fully saturated rings. The first-order chi connectivity index (χ1) is 12.6. The van der Waals surface area contributed by atoms with E-state index in [0.29, 0.717) is 31.4 Å². The van der Waals surface area contributed by atoms with E-state index in [1.54, 1.807) is 35.5 Å². The van der Waals surface area contributed by atoms with Crippen LogP contribution >= 0.6 is 45.9 Å². The first kappa shape index (κ1) is 17.4. The van der Waals surface area contributed by atoms with Crippen LogP contribution in [0, 0.1) is 0 Å². The zero-order chi connectivity index (χ0) is 18.1. The predicted molar refractivity (Wildman–Crippen MR) is 109 cm³/mol. The molecule has 0 saturated carbocycles. The van der Waals surface area contributed by atoms with Crippen LogP contribution in [0.25, 0.3) is 10.2 Å². The van der Waals surface area contributed by atoms with Crippen LogP contribution in [0.15, 0.2) is 54.9 Å². The molecule has 1 aromatic carbocycles. The number of para-hydroxylation sites is 1. The van der Waals surface area contributed by atoms with Crippen molar-refractivity contribution >= 4 is 67.1 Å². The van der Waals surface area contributed by atoms with E-state index in [9.17, 15) is 4.79 Å². The minimum Gasteiger partial charge on any atom is -0.279 e. The second-order valence-electron chi connectivity index (χ2n) is 5.44. The standard InChI is InChI=1S/C18H11Cl2N3OS2/c19-12-4-1-5-13-16(12)22-18(26-13)23(10-11-3-2-8-21-9-11)17(24)14-6-7-15(20)25-14/h1-9H,10H2. The summed E-state index contributed by atoms with van der Waals surface area (Å²) in [5, 5.41) is 1.16. The second kappa shape index (κ2) is 7.32. The Hall–Kier alpha value is -1.99. The van der Waals surface area contributed by atoms with Crippen molar-refractivity contribution in [3.63, 3.8) is 0 Å². The number of hydrogen-bond donors (Lipinski definition) is 0. The van der Waals surface area contributed by atoms with E-state index in [0.717, 1.165) is 10.3 Å². The van der Waals surface area contributed by atoms with Crippen LogP contribution in [0.5, 0.6) is 0 Å². The number of anilines is 1. The largest absolute Gasteiger partial charge is 0.279 e. The van der Waals surface area contributed by atoms with Crippen molar-refractivity contribution < 1.29 is 4.79 Å². The fourth-order valence-corrected chi connectivity index (χ4v) is 4.74. The summed E-state index contributed by atoms with van der Waals surface area (Å²) in [5.74, 6) is -0.152. The number of rotatable bonds is 4. The van der Waals surface area contributed by atoms with Crippen LogP contribution in [0.3, 0.4) is 0 Å². The second-order valence-corrected chi connectivity index (χ2v) is 8.57. The first-order valence-electron chi connectivity index (χ1n) is 7.63.